The molecule has 4 aliphatic carbocycles. The first kappa shape index (κ1) is 27.3. The molecule has 0 spiro atoms. The Bertz CT molecular complexity index is 1050. The van der Waals surface area contributed by atoms with Crippen LogP contribution >= 0.6 is 0 Å². The van der Waals surface area contributed by atoms with Crippen LogP contribution in [0, 0.1) is 39.4 Å². The molecule has 0 radical (unpaired) electrons. The molecule has 0 heterocycles. The molecule has 200 valence electrons. The van der Waals surface area contributed by atoms with E-state index in [1.165, 1.54) is 13.0 Å². The second-order valence-electron chi connectivity index (χ2n) is 13.5. The van der Waals surface area contributed by atoms with Crippen LogP contribution in [0.25, 0.3) is 0 Å². The molecule has 6 heteroatoms. The number of aliphatic hydroxyl groups excluding tert-OH is 2. The molecule has 0 aromatic heterocycles. The van der Waals surface area contributed by atoms with E-state index in [1.54, 1.807) is 0 Å². The Balaban J connectivity index is 1.72. The summed E-state index contributed by atoms with van der Waals surface area (Å²) in [6.45, 7) is 14.0. The first-order valence-corrected chi connectivity index (χ1v) is 13.6. The first-order chi connectivity index (χ1) is 16.5. The van der Waals surface area contributed by atoms with Gasteiger partial charge in [-0.05, 0) is 68.3 Å². The van der Waals surface area contributed by atoms with Crippen molar-refractivity contribution in [3.8, 4) is 0 Å². The zero-order chi connectivity index (χ0) is 27.0. The lowest BCUT2D eigenvalue weighted by Crippen LogP contribution is -2.57. The smallest absolute Gasteiger partial charge is 0.331 e. The summed E-state index contributed by atoms with van der Waals surface area (Å²) in [5.74, 6) is -0.475. The number of allylic oxidation sites excluding steroid dienone is 1. The fraction of sp³-hybridized carbons (Fsp3) is 0.767. The van der Waals surface area contributed by atoms with Gasteiger partial charge >= 0.3 is 5.97 Å². The Hall–Kier alpha value is -1.79. The zero-order valence-electron chi connectivity index (χ0n) is 23.0. The molecule has 36 heavy (non-hydrogen) atoms. The molecule has 6 nitrogen and oxygen atoms in total. The van der Waals surface area contributed by atoms with Gasteiger partial charge in [-0.15, -0.1) is 0 Å². The molecule has 0 aromatic carbocycles. The van der Waals surface area contributed by atoms with Crippen LogP contribution in [0.15, 0.2) is 22.8 Å². The number of rotatable bonds is 5. The topological polar surface area (TPSA) is 112 Å². The summed E-state index contributed by atoms with van der Waals surface area (Å²) >= 11 is 0. The third-order valence-corrected chi connectivity index (χ3v) is 11.4. The van der Waals surface area contributed by atoms with Gasteiger partial charge in [0, 0.05) is 40.2 Å². The normalized spacial score (nSPS) is 41.9. The summed E-state index contributed by atoms with van der Waals surface area (Å²) in [4.78, 5) is 38.0. The quantitative estimate of drug-likeness (QED) is 0.464. The summed E-state index contributed by atoms with van der Waals surface area (Å²) in [6.07, 6.45) is 3.92. The third-order valence-electron chi connectivity index (χ3n) is 11.4. The Kier molecular flexibility index (Phi) is 6.53. The molecule has 0 aliphatic heterocycles. The van der Waals surface area contributed by atoms with Gasteiger partial charge in [0.05, 0.1) is 12.2 Å². The predicted octanol–water partition coefficient (Wildman–Crippen LogP) is 4.87. The van der Waals surface area contributed by atoms with E-state index in [2.05, 4.69) is 20.8 Å². The average Bonchev–Trinajstić information content (AvgIpc) is 2.97. The Morgan fingerprint density at radius 3 is 2.39 bits per heavy atom. The van der Waals surface area contributed by atoms with E-state index in [-0.39, 0.29) is 40.3 Å². The molecule has 4 rings (SSSR count). The zero-order valence-corrected chi connectivity index (χ0v) is 23.0. The maximum atomic E-state index is 14.0. The van der Waals surface area contributed by atoms with Crippen LogP contribution < -0.4 is 0 Å². The minimum atomic E-state index is -1.05. The Morgan fingerprint density at radius 1 is 1.14 bits per heavy atom. The van der Waals surface area contributed by atoms with Gasteiger partial charge < -0.3 is 15.3 Å². The van der Waals surface area contributed by atoms with E-state index in [0.717, 1.165) is 24.0 Å². The fourth-order valence-electron chi connectivity index (χ4n) is 9.22. The van der Waals surface area contributed by atoms with Gasteiger partial charge in [-0.25, -0.2) is 4.79 Å². The van der Waals surface area contributed by atoms with Crippen LogP contribution in [-0.4, -0.2) is 45.1 Å². The van der Waals surface area contributed by atoms with Crippen molar-refractivity contribution in [3.05, 3.63) is 22.8 Å². The molecular weight excluding hydrogens is 456 g/mol. The monoisotopic (exact) mass is 500 g/mol. The summed E-state index contributed by atoms with van der Waals surface area (Å²) in [5, 5.41) is 31.4. The summed E-state index contributed by atoms with van der Waals surface area (Å²) in [7, 11) is 0. The highest BCUT2D eigenvalue weighted by Gasteiger charge is 2.68. The van der Waals surface area contributed by atoms with Crippen molar-refractivity contribution in [1.82, 2.24) is 0 Å². The van der Waals surface area contributed by atoms with E-state index in [4.69, 9.17) is 5.11 Å². The second-order valence-corrected chi connectivity index (χ2v) is 13.5. The highest BCUT2D eigenvalue weighted by Crippen LogP contribution is 2.71. The van der Waals surface area contributed by atoms with Gasteiger partial charge in [-0.2, -0.15) is 0 Å². The Morgan fingerprint density at radius 2 is 1.78 bits per heavy atom. The van der Waals surface area contributed by atoms with Gasteiger partial charge in [0.15, 0.2) is 5.78 Å². The number of aliphatic hydroxyl groups is 2. The number of fused-ring (bicyclic) bond motifs is 4. The molecule has 2 fully saturated rings. The highest BCUT2D eigenvalue weighted by atomic mass is 16.4. The Labute approximate surface area is 215 Å². The standard InChI is InChI=1S/C30H44O6/c1-16(12-18(31)13-17(2)26(35)36)20-14-24(34)30(7)19-8-9-22-27(3,4)23(33)10-11-28(22,5)25(19)21(32)15-29(20,30)6/h13,16,18,20,22,24,31,34H,8-12,14-15H2,1-7H3,(H,35,36)/b17-13+/t16-,18+,20-,22+,24+,28+,29-,30-/m1/s1. The first-order valence-electron chi connectivity index (χ1n) is 13.6. The maximum Gasteiger partial charge on any atom is 0.331 e. The van der Waals surface area contributed by atoms with Crippen molar-refractivity contribution in [1.29, 1.82) is 0 Å². The number of carbonyl (C=O) groups is 3. The minimum absolute atomic E-state index is 0.00701. The van der Waals surface area contributed by atoms with Crippen molar-refractivity contribution in [2.75, 3.05) is 0 Å². The van der Waals surface area contributed by atoms with Crippen LogP contribution in [-0.2, 0) is 14.4 Å². The predicted molar refractivity (Wildman–Crippen MR) is 137 cm³/mol. The molecule has 0 saturated heterocycles. The minimum Gasteiger partial charge on any atom is -0.478 e. The number of carbonyl (C=O) groups excluding carboxylic acids is 2. The van der Waals surface area contributed by atoms with E-state index in [1.807, 2.05) is 20.8 Å². The van der Waals surface area contributed by atoms with E-state index >= 15 is 0 Å². The van der Waals surface area contributed by atoms with Crippen LogP contribution in [0.2, 0.25) is 0 Å². The number of hydrogen-bond acceptors (Lipinski definition) is 5. The average molecular weight is 501 g/mol. The largest absolute Gasteiger partial charge is 0.478 e. The lowest BCUT2D eigenvalue weighted by Gasteiger charge is -2.60. The van der Waals surface area contributed by atoms with Crippen molar-refractivity contribution in [2.24, 2.45) is 39.4 Å². The van der Waals surface area contributed by atoms with Crippen LogP contribution in [0.1, 0.15) is 93.4 Å². The number of ketones is 2. The molecular formula is C30H44O6. The number of aliphatic carboxylic acids is 1. The number of carboxylic acid groups (broad SMARTS) is 1. The number of carboxylic acids is 1. The van der Waals surface area contributed by atoms with Crippen molar-refractivity contribution in [2.45, 2.75) is 106 Å². The maximum absolute atomic E-state index is 14.0. The van der Waals surface area contributed by atoms with Crippen LogP contribution in [0.3, 0.4) is 0 Å². The number of Topliss-reactive ketones (excluding diaryl/α,β-unsaturated/α-hetero) is 2. The molecule has 3 N–H and O–H groups in total. The molecule has 8 atom stereocenters. The molecule has 4 aliphatic rings. The van der Waals surface area contributed by atoms with Crippen molar-refractivity contribution < 1.29 is 29.7 Å². The molecule has 0 unspecified atom stereocenters. The summed E-state index contributed by atoms with van der Waals surface area (Å²) in [5.41, 5.74) is 0.282. The van der Waals surface area contributed by atoms with Gasteiger partial charge in [0.1, 0.15) is 5.78 Å². The van der Waals surface area contributed by atoms with E-state index in [0.29, 0.717) is 32.1 Å². The highest BCUT2D eigenvalue weighted by molar-refractivity contribution is 6.00. The molecule has 2 saturated carbocycles. The summed E-state index contributed by atoms with van der Waals surface area (Å²) in [6, 6.07) is 0. The molecule has 0 aromatic rings. The fourth-order valence-corrected chi connectivity index (χ4v) is 9.22. The lowest BCUT2D eigenvalue weighted by atomic mass is 9.43. The number of hydrogen-bond donors (Lipinski definition) is 3. The molecule has 0 amide bonds. The SMILES string of the molecule is C/C(=C\[C@@H](O)C[C@@H](C)[C@H]1C[C@H](O)[C@@]2(C)C3=C(C(=O)C[C@]12C)[C@@]1(C)CCC(=O)C(C)(C)[C@@H]1CC3)C(=O)O. The summed E-state index contributed by atoms with van der Waals surface area (Å²) < 4.78 is 0. The van der Waals surface area contributed by atoms with Crippen molar-refractivity contribution in [3.63, 3.8) is 0 Å². The van der Waals surface area contributed by atoms with Gasteiger partial charge in [0.2, 0.25) is 0 Å². The third kappa shape index (κ3) is 3.61. The van der Waals surface area contributed by atoms with Crippen molar-refractivity contribution >= 4 is 17.5 Å². The van der Waals surface area contributed by atoms with Crippen LogP contribution in [0.4, 0.5) is 0 Å². The van der Waals surface area contributed by atoms with Crippen LogP contribution in [0.5, 0.6) is 0 Å². The van der Waals surface area contributed by atoms with Gasteiger partial charge in [-0.1, -0.05) is 47.1 Å². The lowest BCUT2D eigenvalue weighted by molar-refractivity contribution is -0.143. The second kappa shape index (κ2) is 8.62. The van der Waals surface area contributed by atoms with Gasteiger partial charge in [0.25, 0.3) is 0 Å². The molecule has 0 bridgehead atoms. The van der Waals surface area contributed by atoms with E-state index < -0.39 is 34.4 Å². The van der Waals surface area contributed by atoms with Gasteiger partial charge in [-0.3, -0.25) is 9.59 Å². The van der Waals surface area contributed by atoms with E-state index in [9.17, 15) is 24.6 Å².